The first-order valence-electron chi connectivity index (χ1n) is 5.91. The van der Waals surface area contributed by atoms with Crippen LogP contribution in [0.5, 0.6) is 0 Å². The van der Waals surface area contributed by atoms with Gasteiger partial charge in [-0.25, -0.2) is 0 Å². The molecule has 0 spiro atoms. The zero-order valence-corrected chi connectivity index (χ0v) is 10.6. The largest absolute Gasteiger partial charge is 0.389 e. The third kappa shape index (κ3) is 3.96. The monoisotopic (exact) mass is 257 g/mol. The lowest BCUT2D eigenvalue weighted by Gasteiger charge is -2.15. The molecule has 1 heterocycles. The Kier molecular flexibility index (Phi) is 5.92. The lowest BCUT2D eigenvalue weighted by atomic mass is 10.0. The second-order valence-electron chi connectivity index (χ2n) is 4.45. The number of hydrogen-bond donors (Lipinski definition) is 3. The van der Waals surface area contributed by atoms with Crippen molar-refractivity contribution in [3.05, 3.63) is 35.9 Å². The van der Waals surface area contributed by atoms with E-state index in [0.717, 1.165) is 19.3 Å². The van der Waals surface area contributed by atoms with Gasteiger partial charge < -0.3 is 15.5 Å². The molecular formula is C13H20ClNO2. The van der Waals surface area contributed by atoms with Crippen molar-refractivity contribution in [1.29, 1.82) is 0 Å². The molecule has 0 bridgehead atoms. The van der Waals surface area contributed by atoms with Crippen LogP contribution in [-0.2, 0) is 6.42 Å². The zero-order chi connectivity index (χ0) is 11.4. The van der Waals surface area contributed by atoms with Gasteiger partial charge >= 0.3 is 0 Å². The molecule has 96 valence electrons. The number of β-amino-alcohol motifs (C(OH)–C–C–N with tert-alkyl or cyclic N) is 1. The number of aryl methyl sites for hydroxylation is 1. The summed E-state index contributed by atoms with van der Waals surface area (Å²) >= 11 is 0. The zero-order valence-electron chi connectivity index (χ0n) is 9.75. The first-order valence-corrected chi connectivity index (χ1v) is 5.91. The van der Waals surface area contributed by atoms with Crippen LogP contribution in [0, 0.1) is 0 Å². The van der Waals surface area contributed by atoms with E-state index in [1.165, 1.54) is 5.56 Å². The van der Waals surface area contributed by atoms with Crippen LogP contribution in [0.25, 0.3) is 0 Å². The van der Waals surface area contributed by atoms with Crippen molar-refractivity contribution in [3.8, 4) is 0 Å². The number of aliphatic hydroxyl groups is 2. The van der Waals surface area contributed by atoms with Gasteiger partial charge in [0, 0.05) is 12.6 Å². The number of benzene rings is 1. The molecule has 1 saturated heterocycles. The molecule has 17 heavy (non-hydrogen) atoms. The van der Waals surface area contributed by atoms with Crippen LogP contribution in [-0.4, -0.2) is 35.0 Å². The second kappa shape index (κ2) is 6.97. The van der Waals surface area contributed by atoms with E-state index in [1.807, 2.05) is 18.2 Å². The SMILES string of the molecule is Cl.O[C@H]1[C@H](O)CN[C@@H]1CCCc1ccccc1. The number of halogens is 1. The van der Waals surface area contributed by atoms with Crippen LogP contribution >= 0.6 is 12.4 Å². The Hall–Kier alpha value is -0.610. The molecule has 0 unspecified atom stereocenters. The summed E-state index contributed by atoms with van der Waals surface area (Å²) in [7, 11) is 0. The summed E-state index contributed by atoms with van der Waals surface area (Å²) in [6, 6.07) is 10.4. The van der Waals surface area contributed by atoms with Crippen molar-refractivity contribution in [3.63, 3.8) is 0 Å². The maximum atomic E-state index is 9.64. The van der Waals surface area contributed by atoms with Gasteiger partial charge in [0.2, 0.25) is 0 Å². The lowest BCUT2D eigenvalue weighted by Crippen LogP contribution is -2.32. The topological polar surface area (TPSA) is 52.5 Å². The quantitative estimate of drug-likeness (QED) is 0.758. The van der Waals surface area contributed by atoms with Gasteiger partial charge in [-0.1, -0.05) is 30.3 Å². The molecule has 3 atom stereocenters. The van der Waals surface area contributed by atoms with Crippen LogP contribution in [0.2, 0.25) is 0 Å². The molecule has 1 aliphatic heterocycles. The molecule has 4 heteroatoms. The molecule has 1 aromatic carbocycles. The molecule has 1 aliphatic rings. The predicted octanol–water partition coefficient (Wildman–Crippen LogP) is 1.12. The summed E-state index contributed by atoms with van der Waals surface area (Å²) in [5, 5.41) is 22.2. The average molecular weight is 258 g/mol. The maximum absolute atomic E-state index is 9.64. The molecule has 3 N–H and O–H groups in total. The predicted molar refractivity (Wildman–Crippen MR) is 70.4 cm³/mol. The number of hydrogen-bond acceptors (Lipinski definition) is 3. The Labute approximate surface area is 108 Å². The molecule has 0 amide bonds. The van der Waals surface area contributed by atoms with Crippen LogP contribution in [0.4, 0.5) is 0 Å². The summed E-state index contributed by atoms with van der Waals surface area (Å²) in [5.41, 5.74) is 1.33. The third-order valence-corrected chi connectivity index (χ3v) is 3.22. The van der Waals surface area contributed by atoms with E-state index < -0.39 is 12.2 Å². The highest BCUT2D eigenvalue weighted by atomic mass is 35.5. The molecule has 0 aromatic heterocycles. The molecule has 3 nitrogen and oxygen atoms in total. The fourth-order valence-corrected chi connectivity index (χ4v) is 2.23. The minimum Gasteiger partial charge on any atom is -0.389 e. The number of rotatable bonds is 4. The van der Waals surface area contributed by atoms with E-state index in [9.17, 15) is 10.2 Å². The van der Waals surface area contributed by atoms with Gasteiger partial charge in [-0.3, -0.25) is 0 Å². The van der Waals surface area contributed by atoms with Crippen LogP contribution in [0.1, 0.15) is 18.4 Å². The van der Waals surface area contributed by atoms with Gasteiger partial charge in [0.1, 0.15) is 0 Å². The van der Waals surface area contributed by atoms with E-state index in [-0.39, 0.29) is 18.4 Å². The van der Waals surface area contributed by atoms with Crippen molar-refractivity contribution in [1.82, 2.24) is 5.32 Å². The van der Waals surface area contributed by atoms with Crippen LogP contribution in [0.15, 0.2) is 30.3 Å². The number of aliphatic hydroxyl groups excluding tert-OH is 2. The normalized spacial score (nSPS) is 27.8. The van der Waals surface area contributed by atoms with E-state index in [2.05, 4.69) is 17.4 Å². The standard InChI is InChI=1S/C13H19NO2.ClH/c15-12-9-14-11(13(12)16)8-4-7-10-5-2-1-3-6-10;/h1-3,5-6,11-16H,4,7-9H2;1H/t11-,12-,13-;/m1./s1. The van der Waals surface area contributed by atoms with Gasteiger partial charge in [0.25, 0.3) is 0 Å². The van der Waals surface area contributed by atoms with Crippen LogP contribution < -0.4 is 5.32 Å². The highest BCUT2D eigenvalue weighted by molar-refractivity contribution is 5.85. The summed E-state index contributed by atoms with van der Waals surface area (Å²) < 4.78 is 0. The van der Waals surface area contributed by atoms with Crippen molar-refractivity contribution >= 4 is 12.4 Å². The maximum Gasteiger partial charge on any atom is 0.0964 e. The fourth-order valence-electron chi connectivity index (χ4n) is 2.23. The molecule has 0 aliphatic carbocycles. The molecule has 2 rings (SSSR count). The Morgan fingerprint density at radius 3 is 2.47 bits per heavy atom. The van der Waals surface area contributed by atoms with E-state index in [1.54, 1.807) is 0 Å². The first kappa shape index (κ1) is 14.5. The number of nitrogens with one attached hydrogen (secondary N) is 1. The van der Waals surface area contributed by atoms with Gasteiger partial charge in [-0.2, -0.15) is 0 Å². The van der Waals surface area contributed by atoms with E-state index >= 15 is 0 Å². The second-order valence-corrected chi connectivity index (χ2v) is 4.45. The highest BCUT2D eigenvalue weighted by Gasteiger charge is 2.31. The molecular weight excluding hydrogens is 238 g/mol. The first-order chi connectivity index (χ1) is 7.77. The van der Waals surface area contributed by atoms with Crippen molar-refractivity contribution in [2.45, 2.75) is 37.5 Å². The summed E-state index contributed by atoms with van der Waals surface area (Å²) in [5.74, 6) is 0. The average Bonchev–Trinajstić information content (AvgIpc) is 2.62. The minimum absolute atomic E-state index is 0. The van der Waals surface area contributed by atoms with Gasteiger partial charge in [0.05, 0.1) is 12.2 Å². The summed E-state index contributed by atoms with van der Waals surface area (Å²) in [6.45, 7) is 0.511. The third-order valence-electron chi connectivity index (χ3n) is 3.22. The Morgan fingerprint density at radius 1 is 1.18 bits per heavy atom. The Bertz CT molecular complexity index is 320. The Morgan fingerprint density at radius 2 is 1.88 bits per heavy atom. The van der Waals surface area contributed by atoms with Crippen molar-refractivity contribution in [2.24, 2.45) is 0 Å². The van der Waals surface area contributed by atoms with Gasteiger partial charge in [0.15, 0.2) is 0 Å². The van der Waals surface area contributed by atoms with Crippen molar-refractivity contribution < 1.29 is 10.2 Å². The van der Waals surface area contributed by atoms with E-state index in [4.69, 9.17) is 0 Å². The molecule has 0 saturated carbocycles. The minimum atomic E-state index is -0.601. The van der Waals surface area contributed by atoms with Crippen LogP contribution in [0.3, 0.4) is 0 Å². The fraction of sp³-hybridized carbons (Fsp3) is 0.538. The molecule has 1 fully saturated rings. The van der Waals surface area contributed by atoms with E-state index in [0.29, 0.717) is 6.54 Å². The van der Waals surface area contributed by atoms with Gasteiger partial charge in [-0.05, 0) is 24.8 Å². The summed E-state index contributed by atoms with van der Waals surface area (Å²) in [6.07, 6.45) is 1.78. The molecule has 0 radical (unpaired) electrons. The Balaban J connectivity index is 0.00000144. The van der Waals surface area contributed by atoms with Crippen molar-refractivity contribution in [2.75, 3.05) is 6.54 Å². The molecule has 1 aromatic rings. The smallest absolute Gasteiger partial charge is 0.0964 e. The summed E-state index contributed by atoms with van der Waals surface area (Å²) in [4.78, 5) is 0. The van der Waals surface area contributed by atoms with Gasteiger partial charge in [-0.15, -0.1) is 12.4 Å². The lowest BCUT2D eigenvalue weighted by molar-refractivity contribution is 0.0390. The highest BCUT2D eigenvalue weighted by Crippen LogP contribution is 2.14.